The first kappa shape index (κ1) is 11.3. The quantitative estimate of drug-likeness (QED) is 0.762. The first-order valence-electron chi connectivity index (χ1n) is 5.84. The summed E-state index contributed by atoms with van der Waals surface area (Å²) < 4.78 is 12.9. The molecule has 0 unspecified atom stereocenters. The Kier molecular flexibility index (Phi) is 3.70. The first-order chi connectivity index (χ1) is 7.75. The molecule has 0 amide bonds. The molecule has 1 aliphatic rings. The topological polar surface area (TPSA) is 17.1 Å². The molecule has 1 aliphatic carbocycles. The van der Waals surface area contributed by atoms with Gasteiger partial charge in [-0.05, 0) is 49.8 Å². The van der Waals surface area contributed by atoms with E-state index in [9.17, 15) is 9.18 Å². The molecule has 1 radical (unpaired) electrons. The monoisotopic (exact) mass is 219 g/mol. The van der Waals surface area contributed by atoms with Gasteiger partial charge in [-0.15, -0.1) is 0 Å². The highest BCUT2D eigenvalue weighted by Gasteiger charge is 2.20. The van der Waals surface area contributed by atoms with Gasteiger partial charge in [0.1, 0.15) is 11.6 Å². The Hall–Kier alpha value is -1.18. The normalized spacial score (nSPS) is 17.3. The van der Waals surface area contributed by atoms with E-state index in [1.54, 1.807) is 6.07 Å². The van der Waals surface area contributed by atoms with Crippen LogP contribution in [0.1, 0.15) is 31.2 Å². The van der Waals surface area contributed by atoms with Gasteiger partial charge < -0.3 is 0 Å². The fourth-order valence-electron chi connectivity index (χ4n) is 2.24. The predicted molar refractivity (Wildman–Crippen MR) is 61.4 cm³/mol. The van der Waals surface area contributed by atoms with Gasteiger partial charge in [-0.3, -0.25) is 4.79 Å². The highest BCUT2D eigenvalue weighted by Crippen LogP contribution is 2.24. The fourth-order valence-corrected chi connectivity index (χ4v) is 2.24. The Morgan fingerprint density at radius 1 is 1.31 bits per heavy atom. The van der Waals surface area contributed by atoms with E-state index >= 15 is 0 Å². The lowest BCUT2D eigenvalue weighted by molar-refractivity contribution is -0.122. The summed E-state index contributed by atoms with van der Waals surface area (Å²) in [6, 6.07) is 6.33. The zero-order valence-corrected chi connectivity index (χ0v) is 9.29. The SMILES string of the molecule is O=C(Cc1cccc(F)c1)C1CC[CH]CC1. The maximum absolute atomic E-state index is 12.9. The molecule has 85 valence electrons. The van der Waals surface area contributed by atoms with Gasteiger partial charge in [0.05, 0.1) is 0 Å². The standard InChI is InChI=1S/C14H16FO/c15-13-8-4-5-11(9-13)10-14(16)12-6-2-1-3-7-12/h1,4-5,8-9,12H,2-3,6-7,10H2. The summed E-state index contributed by atoms with van der Waals surface area (Å²) in [5.74, 6) is 0.189. The summed E-state index contributed by atoms with van der Waals surface area (Å²) in [7, 11) is 0. The van der Waals surface area contributed by atoms with Crippen LogP contribution in [0.2, 0.25) is 0 Å². The Balaban J connectivity index is 1.96. The minimum atomic E-state index is -0.262. The van der Waals surface area contributed by atoms with Crippen LogP contribution < -0.4 is 0 Å². The van der Waals surface area contributed by atoms with Crippen LogP contribution in [0.3, 0.4) is 0 Å². The number of hydrogen-bond donors (Lipinski definition) is 0. The van der Waals surface area contributed by atoms with E-state index < -0.39 is 0 Å². The van der Waals surface area contributed by atoms with Crippen molar-refractivity contribution in [1.82, 2.24) is 0 Å². The Morgan fingerprint density at radius 2 is 2.06 bits per heavy atom. The lowest BCUT2D eigenvalue weighted by atomic mass is 9.84. The lowest BCUT2D eigenvalue weighted by Gasteiger charge is -2.19. The van der Waals surface area contributed by atoms with E-state index in [-0.39, 0.29) is 17.5 Å². The third-order valence-electron chi connectivity index (χ3n) is 3.16. The summed E-state index contributed by atoms with van der Waals surface area (Å²) in [6.07, 6.45) is 6.63. The summed E-state index contributed by atoms with van der Waals surface area (Å²) in [5.41, 5.74) is 0.791. The molecule has 0 saturated heterocycles. The molecule has 0 N–H and O–H groups in total. The number of ketones is 1. The molecule has 0 bridgehead atoms. The largest absolute Gasteiger partial charge is 0.299 e. The maximum Gasteiger partial charge on any atom is 0.140 e. The number of halogens is 1. The van der Waals surface area contributed by atoms with Crippen LogP contribution in [-0.4, -0.2) is 5.78 Å². The Bertz CT molecular complexity index is 367. The smallest absolute Gasteiger partial charge is 0.140 e. The molecule has 0 atom stereocenters. The van der Waals surface area contributed by atoms with Crippen LogP contribution in [0.25, 0.3) is 0 Å². The van der Waals surface area contributed by atoms with E-state index in [2.05, 4.69) is 6.42 Å². The van der Waals surface area contributed by atoms with Crippen molar-refractivity contribution in [3.05, 3.63) is 42.1 Å². The Labute approximate surface area is 95.7 Å². The molecule has 1 aromatic rings. The van der Waals surface area contributed by atoms with Crippen LogP contribution in [0.15, 0.2) is 24.3 Å². The van der Waals surface area contributed by atoms with Crippen molar-refractivity contribution in [3.8, 4) is 0 Å². The van der Waals surface area contributed by atoms with E-state index in [1.165, 1.54) is 12.1 Å². The molecule has 1 nitrogen and oxygen atoms in total. The molecular formula is C14H16FO. The minimum absolute atomic E-state index is 0.188. The number of rotatable bonds is 3. The number of hydrogen-bond acceptors (Lipinski definition) is 1. The summed E-state index contributed by atoms with van der Waals surface area (Å²) in [4.78, 5) is 11.9. The number of carbonyl (C=O) groups excluding carboxylic acids is 1. The van der Waals surface area contributed by atoms with Crippen molar-refractivity contribution >= 4 is 5.78 Å². The second-order valence-electron chi connectivity index (χ2n) is 4.41. The van der Waals surface area contributed by atoms with Crippen molar-refractivity contribution in [1.29, 1.82) is 0 Å². The third kappa shape index (κ3) is 2.91. The van der Waals surface area contributed by atoms with Crippen LogP contribution in [0.5, 0.6) is 0 Å². The van der Waals surface area contributed by atoms with Gasteiger partial charge in [-0.2, -0.15) is 0 Å². The molecule has 0 heterocycles. The molecule has 1 aromatic carbocycles. The van der Waals surface area contributed by atoms with Gasteiger partial charge in [0.25, 0.3) is 0 Å². The average molecular weight is 219 g/mol. The van der Waals surface area contributed by atoms with Crippen LogP contribution in [0, 0.1) is 18.2 Å². The summed E-state index contributed by atoms with van der Waals surface area (Å²) in [6.45, 7) is 0. The van der Waals surface area contributed by atoms with Crippen molar-refractivity contribution in [2.45, 2.75) is 32.1 Å². The van der Waals surface area contributed by atoms with Gasteiger partial charge in [-0.1, -0.05) is 12.1 Å². The molecular weight excluding hydrogens is 203 g/mol. The molecule has 0 aliphatic heterocycles. The Morgan fingerprint density at radius 3 is 2.75 bits per heavy atom. The summed E-state index contributed by atoms with van der Waals surface area (Å²) in [5, 5.41) is 0. The van der Waals surface area contributed by atoms with E-state index in [1.807, 2.05) is 6.07 Å². The molecule has 2 heteroatoms. The van der Waals surface area contributed by atoms with E-state index in [0.29, 0.717) is 6.42 Å². The number of carbonyl (C=O) groups is 1. The van der Waals surface area contributed by atoms with Crippen LogP contribution >= 0.6 is 0 Å². The van der Waals surface area contributed by atoms with Gasteiger partial charge in [-0.25, -0.2) is 4.39 Å². The number of Topliss-reactive ketones (excluding diaryl/α,β-unsaturated/α-hetero) is 1. The van der Waals surface area contributed by atoms with Gasteiger partial charge in [0.2, 0.25) is 0 Å². The maximum atomic E-state index is 12.9. The van der Waals surface area contributed by atoms with Gasteiger partial charge in [0.15, 0.2) is 0 Å². The predicted octanol–water partition coefficient (Wildman–Crippen LogP) is 3.33. The number of benzene rings is 1. The molecule has 1 fully saturated rings. The highest BCUT2D eigenvalue weighted by atomic mass is 19.1. The fraction of sp³-hybridized carbons (Fsp3) is 0.429. The van der Waals surface area contributed by atoms with Crippen molar-refractivity contribution in [3.63, 3.8) is 0 Å². The second kappa shape index (κ2) is 5.24. The molecule has 0 aromatic heterocycles. The molecule has 0 spiro atoms. The first-order valence-corrected chi connectivity index (χ1v) is 5.84. The minimum Gasteiger partial charge on any atom is -0.299 e. The highest BCUT2D eigenvalue weighted by molar-refractivity contribution is 5.83. The van der Waals surface area contributed by atoms with Crippen molar-refractivity contribution in [2.24, 2.45) is 5.92 Å². The molecule has 16 heavy (non-hydrogen) atoms. The van der Waals surface area contributed by atoms with Crippen LogP contribution in [-0.2, 0) is 11.2 Å². The lowest BCUT2D eigenvalue weighted by Crippen LogP contribution is -2.19. The van der Waals surface area contributed by atoms with Gasteiger partial charge >= 0.3 is 0 Å². The van der Waals surface area contributed by atoms with Crippen molar-refractivity contribution in [2.75, 3.05) is 0 Å². The van der Waals surface area contributed by atoms with E-state index in [0.717, 1.165) is 31.2 Å². The third-order valence-corrected chi connectivity index (χ3v) is 3.16. The second-order valence-corrected chi connectivity index (χ2v) is 4.41. The average Bonchev–Trinajstić information content (AvgIpc) is 2.30. The van der Waals surface area contributed by atoms with E-state index in [4.69, 9.17) is 0 Å². The summed E-state index contributed by atoms with van der Waals surface area (Å²) >= 11 is 0. The van der Waals surface area contributed by atoms with Crippen LogP contribution in [0.4, 0.5) is 4.39 Å². The molecule has 1 saturated carbocycles. The van der Waals surface area contributed by atoms with Crippen molar-refractivity contribution < 1.29 is 9.18 Å². The zero-order chi connectivity index (χ0) is 11.4. The molecule has 2 rings (SSSR count). The zero-order valence-electron chi connectivity index (χ0n) is 9.29. The van der Waals surface area contributed by atoms with Gasteiger partial charge in [0, 0.05) is 12.3 Å².